The van der Waals surface area contributed by atoms with Crippen LogP contribution in [-0.2, 0) is 4.79 Å². The Balaban J connectivity index is 1.64. The summed E-state index contributed by atoms with van der Waals surface area (Å²) in [5, 5.41) is 14.7. The van der Waals surface area contributed by atoms with E-state index in [1.807, 2.05) is 0 Å². The van der Waals surface area contributed by atoms with Gasteiger partial charge in [-0.1, -0.05) is 12.8 Å². The minimum absolute atomic E-state index is 0.0352. The van der Waals surface area contributed by atoms with E-state index < -0.39 is 4.92 Å². The normalized spacial score (nSPS) is 23.6. The summed E-state index contributed by atoms with van der Waals surface area (Å²) in [5.74, 6) is -0.185. The Kier molecular flexibility index (Phi) is 5.15. The molecule has 1 aliphatic carbocycles. The summed E-state index contributed by atoms with van der Waals surface area (Å²) in [4.78, 5) is 30.6. The molecule has 142 valence electrons. The number of nitrogens with zero attached hydrogens (tertiary/aromatic N) is 3. The van der Waals surface area contributed by atoms with Gasteiger partial charge in [0.15, 0.2) is 5.17 Å². The lowest BCUT2D eigenvalue weighted by Crippen LogP contribution is -2.21. The van der Waals surface area contributed by atoms with Gasteiger partial charge >= 0.3 is 0 Å². The van der Waals surface area contributed by atoms with Gasteiger partial charge in [0.2, 0.25) is 0 Å². The first-order valence-corrected chi connectivity index (χ1v) is 10.2. The van der Waals surface area contributed by atoms with Crippen LogP contribution in [0.1, 0.15) is 44.1 Å². The number of hydrogen-bond acceptors (Lipinski definition) is 6. The number of amides is 1. The Morgan fingerprint density at radius 1 is 1.22 bits per heavy atom. The highest BCUT2D eigenvalue weighted by molar-refractivity contribution is 8.18. The van der Waals surface area contributed by atoms with Crippen LogP contribution in [0.5, 0.6) is 0 Å². The second-order valence-electron chi connectivity index (χ2n) is 7.13. The molecule has 1 N–H and O–H groups in total. The van der Waals surface area contributed by atoms with E-state index in [2.05, 4.69) is 15.2 Å². The number of nitrogens with one attached hydrogen (secondary N) is 1. The molecular formula is C19H22N4O3S. The highest BCUT2D eigenvalue weighted by Crippen LogP contribution is 2.34. The third-order valence-corrected chi connectivity index (χ3v) is 6.15. The van der Waals surface area contributed by atoms with Crippen LogP contribution in [0.3, 0.4) is 0 Å². The van der Waals surface area contributed by atoms with Gasteiger partial charge in [-0.05, 0) is 49.6 Å². The molecule has 27 heavy (non-hydrogen) atoms. The Morgan fingerprint density at radius 3 is 2.67 bits per heavy atom. The second-order valence-corrected chi connectivity index (χ2v) is 8.16. The van der Waals surface area contributed by atoms with Gasteiger partial charge in [0.05, 0.1) is 15.9 Å². The largest absolute Gasteiger partial charge is 0.371 e. The van der Waals surface area contributed by atoms with Crippen molar-refractivity contribution in [2.75, 3.05) is 18.0 Å². The molecule has 2 aliphatic heterocycles. The number of benzene rings is 1. The molecule has 1 amide bonds. The van der Waals surface area contributed by atoms with Crippen LogP contribution in [-0.4, -0.2) is 35.1 Å². The Bertz CT molecular complexity index is 824. The fourth-order valence-corrected chi connectivity index (χ4v) is 4.73. The Hall–Kier alpha value is -2.35. The van der Waals surface area contributed by atoms with Crippen LogP contribution in [0.15, 0.2) is 28.1 Å². The zero-order valence-electron chi connectivity index (χ0n) is 15.0. The minimum Gasteiger partial charge on any atom is -0.371 e. The van der Waals surface area contributed by atoms with Crippen LogP contribution < -0.4 is 10.2 Å². The summed E-state index contributed by atoms with van der Waals surface area (Å²) in [6, 6.07) is 5.18. The summed E-state index contributed by atoms with van der Waals surface area (Å²) >= 11 is 1.33. The van der Waals surface area contributed by atoms with Gasteiger partial charge in [-0.15, -0.1) is 0 Å². The number of nitro groups is 1. The van der Waals surface area contributed by atoms with Gasteiger partial charge in [0, 0.05) is 36.5 Å². The maximum absolute atomic E-state index is 12.4. The van der Waals surface area contributed by atoms with Crippen molar-refractivity contribution in [1.82, 2.24) is 5.32 Å². The zero-order chi connectivity index (χ0) is 18.8. The molecule has 1 saturated carbocycles. The number of carbonyl (C=O) groups is 1. The van der Waals surface area contributed by atoms with Crippen molar-refractivity contribution in [2.24, 2.45) is 4.99 Å². The van der Waals surface area contributed by atoms with Gasteiger partial charge in [0.25, 0.3) is 11.6 Å². The van der Waals surface area contributed by atoms with Crippen molar-refractivity contribution in [3.63, 3.8) is 0 Å². The summed E-state index contributed by atoms with van der Waals surface area (Å²) in [6.07, 6.45) is 8.51. The lowest BCUT2D eigenvalue weighted by atomic mass is 10.1. The Morgan fingerprint density at radius 2 is 1.96 bits per heavy atom. The quantitative estimate of drug-likeness (QED) is 0.484. The third-order valence-electron chi connectivity index (χ3n) is 5.23. The summed E-state index contributed by atoms with van der Waals surface area (Å²) in [7, 11) is 0. The van der Waals surface area contributed by atoms with E-state index in [0.717, 1.165) is 44.5 Å². The van der Waals surface area contributed by atoms with E-state index in [9.17, 15) is 14.9 Å². The predicted molar refractivity (Wildman–Crippen MR) is 108 cm³/mol. The number of aliphatic imine (C=N–C) groups is 1. The van der Waals surface area contributed by atoms with Crippen molar-refractivity contribution >= 4 is 40.3 Å². The number of rotatable bonds is 4. The molecule has 2 saturated heterocycles. The molecule has 0 atom stereocenters. The standard InChI is InChI=1S/C19H22N4O3S/c24-18-17(27-19(21-18)20-14-5-1-2-6-14)12-13-11-15(23(25)26)7-8-16(13)22-9-3-4-10-22/h7-8,11-12,14H,1-6,9-10H2,(H,20,21,24)/b17-12+. The third kappa shape index (κ3) is 4.00. The van der Waals surface area contributed by atoms with Gasteiger partial charge in [-0.3, -0.25) is 19.9 Å². The first-order chi connectivity index (χ1) is 13.1. The lowest BCUT2D eigenvalue weighted by Gasteiger charge is -2.20. The van der Waals surface area contributed by atoms with Crippen LogP contribution in [0.4, 0.5) is 11.4 Å². The monoisotopic (exact) mass is 386 g/mol. The van der Waals surface area contributed by atoms with E-state index in [0.29, 0.717) is 21.7 Å². The highest BCUT2D eigenvalue weighted by atomic mass is 32.2. The first-order valence-electron chi connectivity index (χ1n) is 9.42. The van der Waals surface area contributed by atoms with E-state index in [4.69, 9.17) is 0 Å². The maximum atomic E-state index is 12.4. The average Bonchev–Trinajstić information content (AvgIpc) is 3.39. The molecule has 4 rings (SSSR count). The fraction of sp³-hybridized carbons (Fsp3) is 0.474. The fourth-order valence-electron chi connectivity index (χ4n) is 3.85. The first kappa shape index (κ1) is 18.0. The number of hydrogen-bond donors (Lipinski definition) is 1. The number of thioether (sulfide) groups is 1. The number of carbonyl (C=O) groups excluding carboxylic acids is 1. The van der Waals surface area contributed by atoms with Gasteiger partial charge in [-0.2, -0.15) is 0 Å². The molecule has 0 aromatic heterocycles. The molecule has 0 radical (unpaired) electrons. The van der Waals surface area contributed by atoms with Crippen LogP contribution >= 0.6 is 11.8 Å². The number of non-ortho nitro benzene ring substituents is 1. The molecule has 1 aromatic carbocycles. The van der Waals surface area contributed by atoms with Gasteiger partial charge in [0.1, 0.15) is 0 Å². The molecule has 3 aliphatic rings. The summed E-state index contributed by atoms with van der Waals surface area (Å²) in [6.45, 7) is 1.86. The van der Waals surface area contributed by atoms with Crippen molar-refractivity contribution in [3.05, 3.63) is 38.8 Å². The number of amidine groups is 1. The summed E-state index contributed by atoms with van der Waals surface area (Å²) in [5.41, 5.74) is 1.69. The molecule has 2 heterocycles. The molecule has 3 fully saturated rings. The van der Waals surface area contributed by atoms with E-state index >= 15 is 0 Å². The Labute approximate surface area is 162 Å². The molecule has 8 heteroatoms. The van der Waals surface area contributed by atoms with E-state index in [-0.39, 0.29) is 11.6 Å². The predicted octanol–water partition coefficient (Wildman–Crippen LogP) is 3.70. The molecule has 0 bridgehead atoms. The zero-order valence-corrected chi connectivity index (χ0v) is 15.8. The minimum atomic E-state index is -0.398. The van der Waals surface area contributed by atoms with Crippen LogP contribution in [0.25, 0.3) is 6.08 Å². The van der Waals surface area contributed by atoms with Crippen molar-refractivity contribution in [1.29, 1.82) is 0 Å². The van der Waals surface area contributed by atoms with E-state index in [1.54, 1.807) is 18.2 Å². The maximum Gasteiger partial charge on any atom is 0.270 e. The van der Waals surface area contributed by atoms with Crippen LogP contribution in [0, 0.1) is 10.1 Å². The van der Waals surface area contributed by atoms with E-state index in [1.165, 1.54) is 30.7 Å². The van der Waals surface area contributed by atoms with Crippen molar-refractivity contribution in [3.8, 4) is 0 Å². The molecule has 7 nitrogen and oxygen atoms in total. The molecule has 0 spiro atoms. The highest BCUT2D eigenvalue weighted by Gasteiger charge is 2.27. The topological polar surface area (TPSA) is 87.8 Å². The van der Waals surface area contributed by atoms with Crippen molar-refractivity contribution in [2.45, 2.75) is 44.6 Å². The number of nitro benzene ring substituents is 1. The second kappa shape index (κ2) is 7.72. The van der Waals surface area contributed by atoms with Crippen molar-refractivity contribution < 1.29 is 9.72 Å². The lowest BCUT2D eigenvalue weighted by molar-refractivity contribution is -0.384. The average molecular weight is 386 g/mol. The van der Waals surface area contributed by atoms with Gasteiger partial charge < -0.3 is 10.2 Å². The SMILES string of the molecule is O=C1NC(=NC2CCCC2)S/C1=C/c1cc([N+](=O)[O-])ccc1N1CCCC1. The number of anilines is 1. The van der Waals surface area contributed by atoms with Gasteiger partial charge in [-0.25, -0.2) is 0 Å². The molecule has 1 aromatic rings. The molecule has 0 unspecified atom stereocenters. The smallest absolute Gasteiger partial charge is 0.270 e. The summed E-state index contributed by atoms with van der Waals surface area (Å²) < 4.78 is 0. The molecular weight excluding hydrogens is 364 g/mol. The van der Waals surface area contributed by atoms with Crippen LogP contribution in [0.2, 0.25) is 0 Å².